The van der Waals surface area contributed by atoms with Crippen molar-refractivity contribution in [3.63, 3.8) is 0 Å². The van der Waals surface area contributed by atoms with E-state index < -0.39 is 0 Å². The number of nitrogens with two attached hydrogens (primary N) is 1. The van der Waals surface area contributed by atoms with Gasteiger partial charge in [0.25, 0.3) is 0 Å². The highest BCUT2D eigenvalue weighted by Gasteiger charge is 2.39. The number of rotatable bonds is 4. The number of hydrogen-bond donors (Lipinski definition) is 1. The van der Waals surface area contributed by atoms with Crippen LogP contribution < -0.4 is 5.73 Å². The Labute approximate surface area is 152 Å². The van der Waals surface area contributed by atoms with Gasteiger partial charge in [-0.15, -0.1) is 11.3 Å². The summed E-state index contributed by atoms with van der Waals surface area (Å²) in [5.41, 5.74) is 8.38. The molecule has 0 atom stereocenters. The summed E-state index contributed by atoms with van der Waals surface area (Å²) in [5.74, 6) is 1.12. The van der Waals surface area contributed by atoms with Crippen LogP contribution in [0.25, 0.3) is 0 Å². The van der Waals surface area contributed by atoms with Crippen molar-refractivity contribution in [3.8, 4) is 0 Å². The third-order valence-corrected chi connectivity index (χ3v) is 6.01. The first-order valence-corrected chi connectivity index (χ1v) is 9.51. The largest absolute Gasteiger partial charge is 0.375 e. The third-order valence-electron chi connectivity index (χ3n) is 5.33. The summed E-state index contributed by atoms with van der Waals surface area (Å²) in [6.45, 7) is 2.95. The second-order valence-corrected chi connectivity index (χ2v) is 7.64. The van der Waals surface area contributed by atoms with E-state index in [-0.39, 0.29) is 5.41 Å². The lowest BCUT2D eigenvalue weighted by molar-refractivity contribution is 0.166. The van der Waals surface area contributed by atoms with Crippen LogP contribution in [-0.2, 0) is 19.0 Å². The monoisotopic (exact) mass is 353 g/mol. The molecule has 0 unspecified atom stereocenters. The summed E-state index contributed by atoms with van der Waals surface area (Å²) in [6, 6.07) is 10.8. The zero-order chi connectivity index (χ0) is 17.3. The van der Waals surface area contributed by atoms with Gasteiger partial charge in [-0.1, -0.05) is 30.3 Å². The molecule has 0 amide bonds. The summed E-state index contributed by atoms with van der Waals surface area (Å²) in [6.07, 6.45) is 5.96. The first-order valence-electron chi connectivity index (χ1n) is 8.63. The van der Waals surface area contributed by atoms with Crippen LogP contribution in [0.2, 0.25) is 0 Å². The summed E-state index contributed by atoms with van der Waals surface area (Å²) in [5, 5.41) is 2.79. The van der Waals surface area contributed by atoms with Gasteiger partial charge in [-0.05, 0) is 31.5 Å². The average molecular weight is 353 g/mol. The zero-order valence-corrected chi connectivity index (χ0v) is 15.2. The van der Waals surface area contributed by atoms with Gasteiger partial charge in [0.05, 0.1) is 12.2 Å². The summed E-state index contributed by atoms with van der Waals surface area (Å²) < 4.78 is 2.10. The van der Waals surface area contributed by atoms with Crippen LogP contribution in [0.1, 0.15) is 29.9 Å². The second kappa shape index (κ2) is 6.61. The van der Waals surface area contributed by atoms with Gasteiger partial charge in [0.1, 0.15) is 5.82 Å². The van der Waals surface area contributed by atoms with Gasteiger partial charge in [-0.25, -0.2) is 9.97 Å². The minimum atomic E-state index is -0.0342. The molecule has 5 nitrogen and oxygen atoms in total. The van der Waals surface area contributed by atoms with Gasteiger partial charge in [0, 0.05) is 30.2 Å². The highest BCUT2D eigenvalue weighted by Crippen LogP contribution is 2.42. The molecule has 2 aromatic heterocycles. The lowest BCUT2D eigenvalue weighted by Crippen LogP contribution is -2.43. The van der Waals surface area contributed by atoms with Crippen molar-refractivity contribution in [2.24, 2.45) is 7.05 Å². The Morgan fingerprint density at radius 3 is 2.56 bits per heavy atom. The fraction of sp³-hybridized carbons (Fsp3) is 0.368. The Balaban J connectivity index is 1.59. The molecule has 0 aliphatic carbocycles. The summed E-state index contributed by atoms with van der Waals surface area (Å²) in [7, 11) is 2.05. The number of likely N-dealkylation sites (tertiary alicyclic amines) is 1. The first-order chi connectivity index (χ1) is 12.2. The number of hydrogen-bond acceptors (Lipinski definition) is 5. The molecule has 1 saturated heterocycles. The predicted molar refractivity (Wildman–Crippen MR) is 101 cm³/mol. The van der Waals surface area contributed by atoms with Crippen molar-refractivity contribution in [2.75, 3.05) is 18.8 Å². The van der Waals surface area contributed by atoms with Crippen LogP contribution in [0.5, 0.6) is 0 Å². The molecule has 1 aliphatic heterocycles. The smallest absolute Gasteiger partial charge is 0.180 e. The third kappa shape index (κ3) is 3.07. The van der Waals surface area contributed by atoms with Crippen LogP contribution in [0.15, 0.2) is 48.1 Å². The Kier molecular flexibility index (Phi) is 4.31. The topological polar surface area (TPSA) is 60.0 Å². The Morgan fingerprint density at radius 1 is 1.20 bits per heavy atom. The number of benzene rings is 1. The summed E-state index contributed by atoms with van der Waals surface area (Å²) >= 11 is 1.54. The number of nitrogens with zero attached hydrogens (tertiary/aromatic N) is 4. The molecular weight excluding hydrogens is 330 g/mol. The van der Waals surface area contributed by atoms with E-state index in [0.717, 1.165) is 44.0 Å². The molecule has 0 bridgehead atoms. The average Bonchev–Trinajstić information content (AvgIpc) is 3.26. The molecule has 2 N–H and O–H groups in total. The van der Waals surface area contributed by atoms with Crippen LogP contribution in [0, 0.1) is 0 Å². The lowest BCUT2D eigenvalue weighted by Gasteiger charge is -2.41. The Bertz CT molecular complexity index is 830. The molecule has 3 heterocycles. The minimum Gasteiger partial charge on any atom is -0.375 e. The quantitative estimate of drug-likeness (QED) is 0.783. The maximum atomic E-state index is 5.94. The van der Waals surface area contributed by atoms with Crippen molar-refractivity contribution >= 4 is 16.5 Å². The van der Waals surface area contributed by atoms with Crippen molar-refractivity contribution in [1.82, 2.24) is 19.4 Å². The van der Waals surface area contributed by atoms with E-state index in [4.69, 9.17) is 5.73 Å². The number of piperidine rings is 1. The van der Waals surface area contributed by atoms with Crippen LogP contribution >= 0.6 is 11.3 Å². The van der Waals surface area contributed by atoms with Gasteiger partial charge in [0.2, 0.25) is 0 Å². The second-order valence-electron chi connectivity index (χ2n) is 6.75. The maximum Gasteiger partial charge on any atom is 0.180 e. The number of anilines is 1. The molecule has 0 spiro atoms. The molecule has 6 heteroatoms. The van der Waals surface area contributed by atoms with E-state index in [2.05, 4.69) is 62.2 Å². The van der Waals surface area contributed by atoms with Crippen molar-refractivity contribution in [2.45, 2.75) is 24.8 Å². The van der Waals surface area contributed by atoms with E-state index in [0.29, 0.717) is 5.13 Å². The molecule has 25 heavy (non-hydrogen) atoms. The predicted octanol–water partition coefficient (Wildman–Crippen LogP) is 3.04. The van der Waals surface area contributed by atoms with Crippen molar-refractivity contribution in [1.29, 1.82) is 0 Å². The van der Waals surface area contributed by atoms with Gasteiger partial charge >= 0.3 is 0 Å². The number of nitrogen functional groups attached to an aromatic ring is 1. The number of thiazole rings is 1. The minimum absolute atomic E-state index is 0.0342. The van der Waals surface area contributed by atoms with Gasteiger partial charge < -0.3 is 10.3 Å². The molecule has 1 aliphatic rings. The normalized spacial score (nSPS) is 17.6. The summed E-state index contributed by atoms with van der Waals surface area (Å²) in [4.78, 5) is 11.6. The SMILES string of the molecule is Cn1ccnc1CN1CCC(c2ccccc2)(c2csc(N)n2)CC1. The van der Waals surface area contributed by atoms with E-state index in [9.17, 15) is 0 Å². The maximum absolute atomic E-state index is 5.94. The van der Waals surface area contributed by atoms with Gasteiger partial charge in [-0.3, -0.25) is 4.90 Å². The van der Waals surface area contributed by atoms with E-state index in [1.165, 1.54) is 16.9 Å². The Morgan fingerprint density at radius 2 is 1.96 bits per heavy atom. The number of aromatic nitrogens is 3. The Hall–Kier alpha value is -2.18. The molecular formula is C19H23N5S. The van der Waals surface area contributed by atoms with E-state index in [1.54, 1.807) is 0 Å². The van der Waals surface area contributed by atoms with Crippen LogP contribution in [0.3, 0.4) is 0 Å². The van der Waals surface area contributed by atoms with Crippen LogP contribution in [-0.4, -0.2) is 32.5 Å². The van der Waals surface area contributed by atoms with Gasteiger partial charge in [-0.2, -0.15) is 0 Å². The molecule has 1 fully saturated rings. The van der Waals surface area contributed by atoms with E-state index >= 15 is 0 Å². The van der Waals surface area contributed by atoms with E-state index in [1.807, 2.05) is 12.4 Å². The van der Waals surface area contributed by atoms with Crippen LogP contribution in [0.4, 0.5) is 5.13 Å². The standard InChI is InChI=1S/C19H23N5S/c1-23-12-9-21-17(23)13-24-10-7-19(8-11-24,15-5-3-2-4-6-15)16-14-25-18(20)22-16/h2-6,9,12,14H,7-8,10-11,13H2,1H3,(H2,20,22). The zero-order valence-electron chi connectivity index (χ0n) is 14.4. The fourth-order valence-corrected chi connectivity index (χ4v) is 4.46. The number of aryl methyl sites for hydroxylation is 1. The highest BCUT2D eigenvalue weighted by atomic mass is 32.1. The molecule has 130 valence electrons. The molecule has 3 aromatic rings. The molecule has 1 aromatic carbocycles. The van der Waals surface area contributed by atoms with Crippen molar-refractivity contribution in [3.05, 3.63) is 65.2 Å². The number of imidazole rings is 1. The molecule has 0 saturated carbocycles. The molecule has 0 radical (unpaired) electrons. The first kappa shape index (κ1) is 16.3. The highest BCUT2D eigenvalue weighted by molar-refractivity contribution is 7.13. The van der Waals surface area contributed by atoms with Crippen molar-refractivity contribution < 1.29 is 0 Å². The fourth-order valence-electron chi connectivity index (χ4n) is 3.80. The van der Waals surface area contributed by atoms with Gasteiger partial charge in [0.15, 0.2) is 5.13 Å². The molecule has 4 rings (SSSR count). The lowest BCUT2D eigenvalue weighted by atomic mass is 9.70.